The third-order valence-electron chi connectivity index (χ3n) is 6.52. The number of rotatable bonds is 8. The first kappa shape index (κ1) is 26.0. The van der Waals surface area contributed by atoms with Gasteiger partial charge in [0.25, 0.3) is 10.0 Å². The number of carbonyl (C=O) groups is 1. The second-order valence-corrected chi connectivity index (χ2v) is 11.7. The number of halogens is 1. The molecular weight excluding hydrogens is 494 g/mol. The number of aryl methyl sites for hydroxylation is 1. The highest BCUT2D eigenvalue weighted by Crippen LogP contribution is 2.27. The van der Waals surface area contributed by atoms with Crippen molar-refractivity contribution < 1.29 is 13.2 Å². The first-order chi connectivity index (χ1) is 17.2. The van der Waals surface area contributed by atoms with Crippen molar-refractivity contribution >= 4 is 38.9 Å². The van der Waals surface area contributed by atoms with Gasteiger partial charge in [0.1, 0.15) is 6.54 Å². The maximum Gasteiger partial charge on any atom is 0.264 e. The van der Waals surface area contributed by atoms with Gasteiger partial charge in [-0.15, -0.1) is 0 Å². The summed E-state index contributed by atoms with van der Waals surface area (Å²) in [7, 11) is -3.99. The zero-order valence-corrected chi connectivity index (χ0v) is 22.2. The van der Waals surface area contributed by atoms with Crippen LogP contribution in [0.4, 0.5) is 11.4 Å². The molecule has 1 aliphatic rings. The van der Waals surface area contributed by atoms with Crippen molar-refractivity contribution in [3.8, 4) is 0 Å². The molecule has 1 aliphatic heterocycles. The van der Waals surface area contributed by atoms with Gasteiger partial charge in [0.2, 0.25) is 5.91 Å². The van der Waals surface area contributed by atoms with Crippen molar-refractivity contribution in [1.29, 1.82) is 0 Å². The van der Waals surface area contributed by atoms with Gasteiger partial charge in [-0.2, -0.15) is 0 Å². The summed E-state index contributed by atoms with van der Waals surface area (Å²) in [6, 6.07) is 21.3. The van der Waals surface area contributed by atoms with Crippen molar-refractivity contribution in [2.24, 2.45) is 5.92 Å². The van der Waals surface area contributed by atoms with E-state index in [0.29, 0.717) is 23.2 Å². The smallest absolute Gasteiger partial charge is 0.264 e. The standard InChI is InChI=1S/C28H32ClN3O3S/c1-21-6-5-17-31(19-21)25-13-9-23(10-14-25)18-30-28(33)20-32(27-8-4-3-7-22(27)2)36(34,35)26-15-11-24(29)12-16-26/h3-4,7-16,21H,5-6,17-20H2,1-2H3,(H,30,33). The van der Waals surface area contributed by atoms with Gasteiger partial charge in [-0.25, -0.2) is 8.42 Å². The summed E-state index contributed by atoms with van der Waals surface area (Å²) in [6.07, 6.45) is 2.48. The van der Waals surface area contributed by atoms with Crippen LogP contribution in [0.5, 0.6) is 0 Å². The van der Waals surface area contributed by atoms with E-state index < -0.39 is 10.0 Å². The van der Waals surface area contributed by atoms with E-state index in [1.165, 1.54) is 42.8 Å². The predicted molar refractivity (Wildman–Crippen MR) is 146 cm³/mol. The Morgan fingerprint density at radius 1 is 1.06 bits per heavy atom. The monoisotopic (exact) mass is 525 g/mol. The zero-order chi connectivity index (χ0) is 25.7. The van der Waals surface area contributed by atoms with Crippen molar-refractivity contribution in [2.75, 3.05) is 28.8 Å². The van der Waals surface area contributed by atoms with Gasteiger partial charge in [0.05, 0.1) is 10.6 Å². The number of piperidine rings is 1. The molecule has 0 spiro atoms. The SMILES string of the molecule is Cc1ccccc1N(CC(=O)NCc1ccc(N2CCCC(C)C2)cc1)S(=O)(=O)c1ccc(Cl)cc1. The number of nitrogens with one attached hydrogen (secondary N) is 1. The van der Waals surface area contributed by atoms with E-state index in [0.717, 1.165) is 28.5 Å². The lowest BCUT2D eigenvalue weighted by Gasteiger charge is -2.32. The Kier molecular flexibility index (Phi) is 8.21. The van der Waals surface area contributed by atoms with Crippen molar-refractivity contribution in [2.45, 2.75) is 38.1 Å². The van der Waals surface area contributed by atoms with E-state index in [2.05, 4.69) is 29.3 Å². The Morgan fingerprint density at radius 3 is 2.42 bits per heavy atom. The minimum Gasteiger partial charge on any atom is -0.371 e. The number of anilines is 2. The van der Waals surface area contributed by atoms with Gasteiger partial charge in [0.15, 0.2) is 0 Å². The molecule has 0 aromatic heterocycles. The molecule has 0 bridgehead atoms. The summed E-state index contributed by atoms with van der Waals surface area (Å²) >= 11 is 5.95. The molecule has 1 amide bonds. The van der Waals surface area contributed by atoms with Crippen LogP contribution in [0.2, 0.25) is 5.02 Å². The Hall–Kier alpha value is -3.03. The fourth-order valence-electron chi connectivity index (χ4n) is 4.51. The van der Waals surface area contributed by atoms with Crippen molar-refractivity contribution in [3.05, 3.63) is 88.9 Å². The lowest BCUT2D eigenvalue weighted by Crippen LogP contribution is -2.41. The van der Waals surface area contributed by atoms with E-state index in [-0.39, 0.29) is 17.3 Å². The van der Waals surface area contributed by atoms with Crippen LogP contribution in [-0.4, -0.2) is 34.0 Å². The van der Waals surface area contributed by atoms with E-state index >= 15 is 0 Å². The molecule has 3 aromatic rings. The minimum atomic E-state index is -3.99. The largest absolute Gasteiger partial charge is 0.371 e. The number of amides is 1. The molecule has 6 nitrogen and oxygen atoms in total. The molecule has 1 N–H and O–H groups in total. The van der Waals surface area contributed by atoms with Gasteiger partial charge in [-0.3, -0.25) is 9.10 Å². The van der Waals surface area contributed by atoms with Crippen molar-refractivity contribution in [3.63, 3.8) is 0 Å². The summed E-state index contributed by atoms with van der Waals surface area (Å²) in [6.45, 7) is 6.22. The van der Waals surface area contributed by atoms with Crippen molar-refractivity contribution in [1.82, 2.24) is 5.32 Å². The minimum absolute atomic E-state index is 0.0746. The topological polar surface area (TPSA) is 69.7 Å². The van der Waals surface area contributed by atoms with Gasteiger partial charge < -0.3 is 10.2 Å². The molecule has 0 saturated carbocycles. The lowest BCUT2D eigenvalue weighted by molar-refractivity contribution is -0.119. The third kappa shape index (κ3) is 6.20. The zero-order valence-electron chi connectivity index (χ0n) is 20.7. The number of hydrogen-bond acceptors (Lipinski definition) is 4. The Balaban J connectivity index is 1.46. The molecule has 1 atom stereocenters. The summed E-state index contributed by atoms with van der Waals surface area (Å²) < 4.78 is 28.2. The van der Waals surface area contributed by atoms with Gasteiger partial charge in [0, 0.05) is 30.3 Å². The van der Waals surface area contributed by atoms with E-state index in [4.69, 9.17) is 11.6 Å². The molecule has 0 aliphatic carbocycles. The molecule has 1 unspecified atom stereocenters. The molecule has 36 heavy (non-hydrogen) atoms. The molecule has 1 fully saturated rings. The molecular formula is C28H32ClN3O3S. The van der Waals surface area contributed by atoms with Crippen LogP contribution in [0.15, 0.2) is 77.7 Å². The van der Waals surface area contributed by atoms with Crippen LogP contribution in [0.1, 0.15) is 30.9 Å². The summed E-state index contributed by atoms with van der Waals surface area (Å²) in [4.78, 5) is 15.4. The number of sulfonamides is 1. The summed E-state index contributed by atoms with van der Waals surface area (Å²) in [5.74, 6) is 0.308. The maximum atomic E-state index is 13.5. The van der Waals surface area contributed by atoms with Crippen LogP contribution < -0.4 is 14.5 Å². The average Bonchev–Trinajstić information content (AvgIpc) is 2.87. The van der Waals surface area contributed by atoms with Crippen LogP contribution in [0, 0.1) is 12.8 Å². The quantitative estimate of drug-likeness (QED) is 0.427. The molecule has 0 radical (unpaired) electrons. The average molecular weight is 526 g/mol. The number of para-hydroxylation sites is 1. The van der Waals surface area contributed by atoms with Crippen LogP contribution in [0.3, 0.4) is 0 Å². The third-order valence-corrected chi connectivity index (χ3v) is 8.55. The van der Waals surface area contributed by atoms with E-state index in [1.54, 1.807) is 12.1 Å². The van der Waals surface area contributed by atoms with E-state index in [1.807, 2.05) is 31.2 Å². The Morgan fingerprint density at radius 2 is 1.75 bits per heavy atom. The Bertz CT molecular complexity index is 1290. The summed E-state index contributed by atoms with van der Waals surface area (Å²) in [5.41, 5.74) is 3.37. The second-order valence-electron chi connectivity index (χ2n) is 9.39. The fourth-order valence-corrected chi connectivity index (χ4v) is 6.12. The van der Waals surface area contributed by atoms with E-state index in [9.17, 15) is 13.2 Å². The lowest BCUT2D eigenvalue weighted by atomic mass is 9.99. The molecule has 3 aromatic carbocycles. The van der Waals surface area contributed by atoms with Crippen LogP contribution in [-0.2, 0) is 21.4 Å². The molecule has 8 heteroatoms. The number of hydrogen-bond donors (Lipinski definition) is 1. The maximum absolute atomic E-state index is 13.5. The van der Waals surface area contributed by atoms with Crippen LogP contribution in [0.25, 0.3) is 0 Å². The molecule has 190 valence electrons. The molecule has 1 heterocycles. The fraction of sp³-hybridized carbons (Fsp3) is 0.321. The molecule has 1 saturated heterocycles. The normalized spacial score (nSPS) is 16.0. The number of benzene rings is 3. The first-order valence-corrected chi connectivity index (χ1v) is 14.0. The van der Waals surface area contributed by atoms with Gasteiger partial charge >= 0.3 is 0 Å². The number of carbonyl (C=O) groups excluding carboxylic acids is 1. The Labute approximate surface area is 218 Å². The second kappa shape index (κ2) is 11.4. The first-order valence-electron chi connectivity index (χ1n) is 12.2. The summed E-state index contributed by atoms with van der Waals surface area (Å²) in [5, 5.41) is 3.32. The highest BCUT2D eigenvalue weighted by Gasteiger charge is 2.28. The highest BCUT2D eigenvalue weighted by molar-refractivity contribution is 7.92. The van der Waals surface area contributed by atoms with Crippen LogP contribution >= 0.6 is 11.6 Å². The van der Waals surface area contributed by atoms with Gasteiger partial charge in [-0.1, -0.05) is 48.9 Å². The highest BCUT2D eigenvalue weighted by atomic mass is 35.5. The predicted octanol–water partition coefficient (Wildman–Crippen LogP) is 5.40. The van der Waals surface area contributed by atoms with Gasteiger partial charge in [-0.05, 0) is 79.3 Å². The molecule has 4 rings (SSSR count). The number of nitrogens with zero attached hydrogens (tertiary/aromatic N) is 2.